The van der Waals surface area contributed by atoms with Crippen molar-refractivity contribution in [2.75, 3.05) is 19.0 Å². The predicted molar refractivity (Wildman–Crippen MR) is 55.8 cm³/mol. The topological polar surface area (TPSA) is 9.23 Å². The first kappa shape index (κ1) is 10.1. The molecule has 0 unspecified atom stereocenters. The van der Waals surface area contributed by atoms with Gasteiger partial charge in [0.1, 0.15) is 0 Å². The Labute approximate surface area is 80.6 Å². The summed E-state index contributed by atoms with van der Waals surface area (Å²) in [5, 5.41) is 0. The van der Waals surface area contributed by atoms with E-state index in [4.69, 9.17) is 4.74 Å². The first-order valence-electron chi connectivity index (χ1n) is 4.53. The van der Waals surface area contributed by atoms with Crippen LogP contribution in [0.2, 0.25) is 0 Å². The molecule has 1 aliphatic rings. The summed E-state index contributed by atoms with van der Waals surface area (Å²) in [6.45, 7) is 6.24. The Morgan fingerprint density at radius 3 is 2.50 bits per heavy atom. The van der Waals surface area contributed by atoms with Crippen molar-refractivity contribution < 1.29 is 4.74 Å². The zero-order valence-corrected chi connectivity index (χ0v) is 8.86. The fourth-order valence-electron chi connectivity index (χ4n) is 1.38. The molecule has 0 bridgehead atoms. The molecular weight excluding hydrogens is 168 g/mol. The van der Waals surface area contributed by atoms with Crippen LogP contribution in [-0.4, -0.2) is 19.0 Å². The Bertz CT molecular complexity index is 165. The zero-order valence-electron chi connectivity index (χ0n) is 7.97. The highest BCUT2D eigenvalue weighted by Crippen LogP contribution is 2.24. The second kappa shape index (κ2) is 4.33. The second-order valence-corrected chi connectivity index (χ2v) is 4.38. The van der Waals surface area contributed by atoms with Crippen molar-refractivity contribution in [2.45, 2.75) is 26.7 Å². The van der Waals surface area contributed by atoms with Crippen molar-refractivity contribution in [1.82, 2.24) is 0 Å². The highest BCUT2D eigenvalue weighted by Gasteiger charge is 2.14. The molecule has 0 aliphatic carbocycles. The third-order valence-corrected chi connectivity index (χ3v) is 2.95. The van der Waals surface area contributed by atoms with Gasteiger partial charge in [0.05, 0.1) is 13.2 Å². The van der Waals surface area contributed by atoms with Gasteiger partial charge in [0.25, 0.3) is 0 Å². The van der Waals surface area contributed by atoms with Gasteiger partial charge < -0.3 is 4.74 Å². The van der Waals surface area contributed by atoms with Crippen LogP contribution >= 0.6 is 12.6 Å². The van der Waals surface area contributed by atoms with Gasteiger partial charge in [-0.3, -0.25) is 0 Å². The van der Waals surface area contributed by atoms with Crippen molar-refractivity contribution in [3.05, 3.63) is 11.6 Å². The van der Waals surface area contributed by atoms with E-state index < -0.39 is 0 Å². The van der Waals surface area contributed by atoms with E-state index in [1.54, 1.807) is 5.57 Å². The maximum Gasteiger partial charge on any atom is 0.0503 e. The quantitative estimate of drug-likeness (QED) is 0.515. The maximum absolute atomic E-state index is 5.29. The van der Waals surface area contributed by atoms with Crippen molar-refractivity contribution in [1.29, 1.82) is 0 Å². The third kappa shape index (κ3) is 3.20. The highest BCUT2D eigenvalue weighted by molar-refractivity contribution is 7.80. The van der Waals surface area contributed by atoms with E-state index in [-0.39, 0.29) is 5.41 Å². The monoisotopic (exact) mass is 186 g/mol. The van der Waals surface area contributed by atoms with E-state index in [9.17, 15) is 0 Å². The highest BCUT2D eigenvalue weighted by atomic mass is 32.1. The Balaban J connectivity index is 2.53. The van der Waals surface area contributed by atoms with Crippen molar-refractivity contribution in [2.24, 2.45) is 5.41 Å². The first-order chi connectivity index (χ1) is 5.64. The van der Waals surface area contributed by atoms with Crippen molar-refractivity contribution in [3.63, 3.8) is 0 Å². The molecule has 0 saturated carbocycles. The van der Waals surface area contributed by atoms with Crippen LogP contribution in [0.25, 0.3) is 0 Å². The molecule has 1 heterocycles. The number of thiol groups is 1. The Hall–Kier alpha value is 0.0500. The van der Waals surface area contributed by atoms with Gasteiger partial charge in [-0.1, -0.05) is 25.5 Å². The van der Waals surface area contributed by atoms with Crippen LogP contribution in [-0.2, 0) is 4.74 Å². The average molecular weight is 186 g/mol. The van der Waals surface area contributed by atoms with Crippen LogP contribution in [0.15, 0.2) is 11.6 Å². The number of ether oxygens (including phenoxy) is 1. The lowest BCUT2D eigenvalue weighted by molar-refractivity contribution is 0.118. The molecule has 0 radical (unpaired) electrons. The van der Waals surface area contributed by atoms with Crippen LogP contribution < -0.4 is 0 Å². The number of allylic oxidation sites excluding steroid dienone is 1. The molecule has 1 fully saturated rings. The summed E-state index contributed by atoms with van der Waals surface area (Å²) in [5.41, 5.74) is 1.79. The average Bonchev–Trinajstić information content (AvgIpc) is 2.06. The molecule has 0 aromatic heterocycles. The van der Waals surface area contributed by atoms with Crippen molar-refractivity contribution in [3.8, 4) is 0 Å². The lowest BCUT2D eigenvalue weighted by Gasteiger charge is -2.22. The van der Waals surface area contributed by atoms with E-state index in [2.05, 4.69) is 32.6 Å². The summed E-state index contributed by atoms with van der Waals surface area (Å²) in [7, 11) is 0. The smallest absolute Gasteiger partial charge is 0.0503 e. The minimum Gasteiger partial charge on any atom is -0.381 e. The minimum absolute atomic E-state index is 0.246. The van der Waals surface area contributed by atoms with Gasteiger partial charge in [-0.2, -0.15) is 12.6 Å². The second-order valence-electron chi connectivity index (χ2n) is 4.06. The fraction of sp³-hybridized carbons (Fsp3) is 0.800. The summed E-state index contributed by atoms with van der Waals surface area (Å²) >= 11 is 4.32. The van der Waals surface area contributed by atoms with E-state index in [0.717, 1.165) is 31.8 Å². The fourth-order valence-corrected chi connectivity index (χ4v) is 1.47. The number of hydrogen-bond acceptors (Lipinski definition) is 2. The Morgan fingerprint density at radius 2 is 2.00 bits per heavy atom. The van der Waals surface area contributed by atoms with Gasteiger partial charge in [0.15, 0.2) is 0 Å². The lowest BCUT2D eigenvalue weighted by atomic mass is 9.91. The molecule has 0 N–H and O–H groups in total. The van der Waals surface area contributed by atoms with E-state index in [0.29, 0.717) is 0 Å². The predicted octanol–water partition coefficient (Wildman–Crippen LogP) is 2.68. The first-order valence-corrected chi connectivity index (χ1v) is 5.16. The molecule has 0 amide bonds. The maximum atomic E-state index is 5.29. The summed E-state index contributed by atoms with van der Waals surface area (Å²) in [5.74, 6) is 0.914. The normalized spacial score (nSPS) is 19.4. The molecule has 1 nitrogen and oxygen atoms in total. The van der Waals surface area contributed by atoms with E-state index >= 15 is 0 Å². The largest absolute Gasteiger partial charge is 0.381 e. The van der Waals surface area contributed by atoms with E-state index in [1.165, 1.54) is 0 Å². The van der Waals surface area contributed by atoms with Crippen LogP contribution in [0.5, 0.6) is 0 Å². The molecule has 1 rings (SSSR count). The molecule has 1 saturated heterocycles. The standard InChI is InChI=1S/C10H18OS/c1-10(2,8-12)7-9-3-5-11-6-4-9/h7,12H,3-6,8H2,1-2H3. The molecule has 12 heavy (non-hydrogen) atoms. The van der Waals surface area contributed by atoms with Crippen LogP contribution in [0.1, 0.15) is 26.7 Å². The van der Waals surface area contributed by atoms with Crippen LogP contribution in [0.3, 0.4) is 0 Å². The van der Waals surface area contributed by atoms with Crippen LogP contribution in [0.4, 0.5) is 0 Å². The molecule has 1 aliphatic heterocycles. The summed E-state index contributed by atoms with van der Waals surface area (Å²) in [6, 6.07) is 0. The third-order valence-electron chi connectivity index (χ3n) is 2.14. The summed E-state index contributed by atoms with van der Waals surface area (Å²) in [6.07, 6.45) is 4.58. The number of hydrogen-bond donors (Lipinski definition) is 1. The SMILES string of the molecule is CC(C)(C=C1CCOCC1)CS. The zero-order chi connectivity index (χ0) is 9.03. The molecule has 0 atom stereocenters. The molecule has 0 aromatic rings. The Kier molecular flexibility index (Phi) is 3.66. The number of rotatable bonds is 2. The molecule has 0 spiro atoms. The van der Waals surface area contributed by atoms with Gasteiger partial charge in [0.2, 0.25) is 0 Å². The van der Waals surface area contributed by atoms with Gasteiger partial charge in [-0.15, -0.1) is 0 Å². The van der Waals surface area contributed by atoms with Gasteiger partial charge in [-0.25, -0.2) is 0 Å². The molecule has 0 aromatic carbocycles. The van der Waals surface area contributed by atoms with Crippen LogP contribution in [0, 0.1) is 5.41 Å². The van der Waals surface area contributed by atoms with Crippen molar-refractivity contribution >= 4 is 12.6 Å². The Morgan fingerprint density at radius 1 is 1.42 bits per heavy atom. The van der Waals surface area contributed by atoms with Gasteiger partial charge in [0, 0.05) is 0 Å². The van der Waals surface area contributed by atoms with E-state index in [1.807, 2.05) is 0 Å². The molecule has 70 valence electrons. The summed E-state index contributed by atoms with van der Waals surface area (Å²) in [4.78, 5) is 0. The summed E-state index contributed by atoms with van der Waals surface area (Å²) < 4.78 is 5.29. The lowest BCUT2D eigenvalue weighted by Crippen LogP contribution is -2.14. The van der Waals surface area contributed by atoms with Gasteiger partial charge >= 0.3 is 0 Å². The minimum atomic E-state index is 0.246. The van der Waals surface area contributed by atoms with Gasteiger partial charge in [-0.05, 0) is 24.0 Å². The molecular formula is C10H18OS. The molecule has 2 heteroatoms.